The van der Waals surface area contributed by atoms with Crippen molar-refractivity contribution in [3.63, 3.8) is 0 Å². The summed E-state index contributed by atoms with van der Waals surface area (Å²) in [4.78, 5) is 0. The Bertz CT molecular complexity index is 2980. The van der Waals surface area contributed by atoms with Gasteiger partial charge in [-0.3, -0.25) is 0 Å². The summed E-state index contributed by atoms with van der Waals surface area (Å²) in [7, 11) is 68.4. The second-order valence-electron chi connectivity index (χ2n) is 13.5. The summed E-state index contributed by atoms with van der Waals surface area (Å²) in [5.41, 5.74) is 9.04. The summed E-state index contributed by atoms with van der Waals surface area (Å²) < 4.78 is 3.82. The smallest absolute Gasteiger partial charge is 0.116 e. The van der Waals surface area contributed by atoms with Gasteiger partial charge in [-0.15, -0.1) is 21.9 Å². The van der Waals surface area contributed by atoms with E-state index in [1.165, 1.54) is 0 Å². The Kier molecular flexibility index (Phi) is 9.23. The van der Waals surface area contributed by atoms with E-state index in [0.717, 1.165) is 28.0 Å². The van der Waals surface area contributed by atoms with Crippen molar-refractivity contribution in [3.8, 4) is 16.8 Å². The fourth-order valence-corrected chi connectivity index (χ4v) is 7.81. The number of fused-ring (bicyclic) bond motifs is 7. The second-order valence-corrected chi connectivity index (χ2v) is 13.5. The monoisotopic (exact) mass is 676 g/mol. The molecule has 0 bridgehead atoms. The van der Waals surface area contributed by atoms with Gasteiger partial charge in [-0.1, -0.05) is 124 Å². The molecule has 0 aliphatic heterocycles. The van der Waals surface area contributed by atoms with Crippen LogP contribution in [-0.2, 0) is 0 Å². The second kappa shape index (κ2) is 13.8. The van der Waals surface area contributed by atoms with E-state index in [0.29, 0.717) is 49.3 Å². The number of nitrogens with zero attached hydrogens (tertiary/aromatic N) is 2. The highest BCUT2D eigenvalue weighted by Crippen LogP contribution is 2.39. The lowest BCUT2D eigenvalue weighted by atomic mass is 9.64. The standard InChI is InChI=1S/C43H22B10N2/c1-3-20(21-11-7-5-8-12-21)19-24(4-2)54-40-26(28-30(44)32(46)34(48)36(50)42(28)54)27-29-31(45)33(47)35(49)37(51)43(29)55(41(27)39(53)38(40)52)25-17-15-23(16-18-25)22-13-9-6-10-14-22/h3-19H,1H2,2H3/b20-19+,24-4+. The summed E-state index contributed by atoms with van der Waals surface area (Å²) >= 11 is 0. The molecule has 0 aliphatic carbocycles. The van der Waals surface area contributed by atoms with E-state index in [4.69, 9.17) is 78.5 Å². The molecule has 8 rings (SSSR count). The van der Waals surface area contributed by atoms with E-state index in [-0.39, 0.29) is 54.6 Å². The van der Waals surface area contributed by atoms with Crippen LogP contribution >= 0.6 is 0 Å². The number of hydrogen-bond donors (Lipinski definition) is 0. The minimum Gasteiger partial charge on any atom is -0.311 e. The molecule has 2 heterocycles. The molecular weight excluding hydrogens is 653 g/mol. The zero-order valence-corrected chi connectivity index (χ0v) is 30.2. The van der Waals surface area contributed by atoms with Crippen molar-refractivity contribution in [3.05, 3.63) is 115 Å². The van der Waals surface area contributed by atoms with Crippen LogP contribution in [0, 0.1) is 0 Å². The molecule has 0 N–H and O–H groups in total. The van der Waals surface area contributed by atoms with Crippen LogP contribution in [0.1, 0.15) is 12.5 Å². The normalized spacial score (nSPS) is 12.4. The zero-order chi connectivity index (χ0) is 39.0. The molecule has 8 aromatic rings. The molecule has 0 atom stereocenters. The van der Waals surface area contributed by atoms with Gasteiger partial charge in [0.25, 0.3) is 0 Å². The van der Waals surface area contributed by atoms with Crippen molar-refractivity contribution in [2.24, 2.45) is 0 Å². The van der Waals surface area contributed by atoms with Crippen molar-refractivity contribution in [2.75, 3.05) is 0 Å². The first-order valence-electron chi connectivity index (χ1n) is 17.5. The molecule has 234 valence electrons. The van der Waals surface area contributed by atoms with Crippen LogP contribution in [0.5, 0.6) is 0 Å². The summed E-state index contributed by atoms with van der Waals surface area (Å²) in [5.74, 6) is 0. The largest absolute Gasteiger partial charge is 0.311 e. The molecule has 20 radical (unpaired) electrons. The predicted molar refractivity (Wildman–Crippen MR) is 248 cm³/mol. The maximum absolute atomic E-state index is 7.21. The molecule has 0 amide bonds. The highest BCUT2D eigenvalue weighted by atomic mass is 15.0. The van der Waals surface area contributed by atoms with Gasteiger partial charge in [-0.2, -0.15) is 0 Å². The van der Waals surface area contributed by atoms with Gasteiger partial charge in [0, 0.05) is 55.0 Å². The van der Waals surface area contributed by atoms with Crippen LogP contribution in [0.4, 0.5) is 0 Å². The van der Waals surface area contributed by atoms with E-state index in [2.05, 4.69) is 6.58 Å². The van der Waals surface area contributed by atoms with E-state index >= 15 is 0 Å². The van der Waals surface area contributed by atoms with Crippen LogP contribution in [0.25, 0.3) is 71.7 Å². The Balaban J connectivity index is 1.62. The van der Waals surface area contributed by atoms with Crippen LogP contribution in [0.15, 0.2) is 110 Å². The maximum Gasteiger partial charge on any atom is 0.116 e. The van der Waals surface area contributed by atoms with Crippen molar-refractivity contribution < 1.29 is 0 Å². The van der Waals surface area contributed by atoms with Crippen LogP contribution < -0.4 is 54.6 Å². The molecular formula is C43H22B10N2. The summed E-state index contributed by atoms with van der Waals surface area (Å²) in [6.07, 6.45) is 5.68. The first kappa shape index (κ1) is 36.7. The summed E-state index contributed by atoms with van der Waals surface area (Å²) in [6, 6.07) is 27.9. The van der Waals surface area contributed by atoms with Crippen molar-refractivity contribution in [1.29, 1.82) is 0 Å². The van der Waals surface area contributed by atoms with Gasteiger partial charge in [0.15, 0.2) is 0 Å². The van der Waals surface area contributed by atoms with E-state index < -0.39 is 0 Å². The van der Waals surface area contributed by atoms with Crippen LogP contribution in [-0.4, -0.2) is 87.6 Å². The molecule has 0 unspecified atom stereocenters. The quantitative estimate of drug-likeness (QED) is 0.169. The summed E-state index contributed by atoms with van der Waals surface area (Å²) in [6.45, 7) is 6.00. The van der Waals surface area contributed by atoms with Crippen molar-refractivity contribution in [1.82, 2.24) is 9.13 Å². The van der Waals surface area contributed by atoms with Gasteiger partial charge in [0.05, 0.1) is 0 Å². The van der Waals surface area contributed by atoms with Gasteiger partial charge in [-0.25, -0.2) is 0 Å². The molecule has 0 spiro atoms. The first-order chi connectivity index (χ1) is 26.4. The summed E-state index contributed by atoms with van der Waals surface area (Å²) in [5, 5.41) is 2.14. The SMILES string of the molecule is [B]c1c([B])c([B])c2c(c1[B])c1c3c4c([B])c([B])c([B])c([B])c4n(-c4ccc(-c5ccccc5)cc4)c3c([B])c([B])c1n2C(/C=C(\C=C)c1ccccc1)=C/C. The third-order valence-electron chi connectivity index (χ3n) is 10.6. The Labute approximate surface area is 334 Å². The van der Waals surface area contributed by atoms with Gasteiger partial charge >= 0.3 is 0 Å². The third kappa shape index (κ3) is 5.39. The Hall–Kier alpha value is -5.21. The fourth-order valence-electron chi connectivity index (χ4n) is 7.81. The highest BCUT2D eigenvalue weighted by molar-refractivity contribution is 6.71. The lowest BCUT2D eigenvalue weighted by Crippen LogP contribution is -2.48. The highest BCUT2D eigenvalue weighted by Gasteiger charge is 2.28. The maximum atomic E-state index is 7.21. The first-order valence-corrected chi connectivity index (χ1v) is 17.5. The molecule has 0 saturated heterocycles. The number of allylic oxidation sites excluding steroid dienone is 5. The van der Waals surface area contributed by atoms with Gasteiger partial charge in [0.1, 0.15) is 78.5 Å². The molecule has 2 aromatic heterocycles. The minimum absolute atomic E-state index is 0.123. The van der Waals surface area contributed by atoms with Crippen molar-refractivity contribution >= 4 is 188 Å². The molecule has 0 fully saturated rings. The van der Waals surface area contributed by atoms with Crippen molar-refractivity contribution in [2.45, 2.75) is 6.92 Å². The molecule has 12 heteroatoms. The Morgan fingerprint density at radius 2 is 0.891 bits per heavy atom. The Morgan fingerprint density at radius 3 is 1.45 bits per heavy atom. The molecule has 0 aliphatic rings. The van der Waals surface area contributed by atoms with E-state index in [9.17, 15) is 0 Å². The van der Waals surface area contributed by atoms with E-state index in [1.807, 2.05) is 113 Å². The van der Waals surface area contributed by atoms with Gasteiger partial charge in [0.2, 0.25) is 0 Å². The number of hydrogen-bond acceptors (Lipinski definition) is 0. The lowest BCUT2D eigenvalue weighted by Gasteiger charge is -2.18. The molecule has 55 heavy (non-hydrogen) atoms. The topological polar surface area (TPSA) is 9.86 Å². The van der Waals surface area contributed by atoms with Gasteiger partial charge < -0.3 is 9.13 Å². The average Bonchev–Trinajstić information content (AvgIpc) is 3.76. The van der Waals surface area contributed by atoms with Crippen LogP contribution in [0.3, 0.4) is 0 Å². The number of aromatic nitrogens is 2. The average molecular weight is 675 g/mol. The predicted octanol–water partition coefficient (Wildman–Crippen LogP) is -0.373. The lowest BCUT2D eigenvalue weighted by molar-refractivity contribution is 1.19. The zero-order valence-electron chi connectivity index (χ0n) is 30.2. The van der Waals surface area contributed by atoms with E-state index in [1.54, 1.807) is 6.08 Å². The number of rotatable bonds is 6. The number of benzene rings is 6. The minimum atomic E-state index is 0.123. The molecule has 0 saturated carbocycles. The molecule has 6 aromatic carbocycles. The van der Waals surface area contributed by atoms with Crippen LogP contribution in [0.2, 0.25) is 0 Å². The third-order valence-corrected chi connectivity index (χ3v) is 10.6. The fraction of sp³-hybridized carbons (Fsp3) is 0.0233. The van der Waals surface area contributed by atoms with Gasteiger partial charge in [-0.05, 0) is 47.4 Å². The molecule has 2 nitrogen and oxygen atoms in total. The Morgan fingerprint density at radius 1 is 0.473 bits per heavy atom.